The van der Waals surface area contributed by atoms with Crippen molar-refractivity contribution in [1.82, 2.24) is 4.98 Å². The Kier molecular flexibility index (Phi) is 4.13. The molecular formula is C11H9Br2ClN2S. The minimum Gasteiger partial charge on any atom is -0.375 e. The predicted molar refractivity (Wildman–Crippen MR) is 80.9 cm³/mol. The van der Waals surface area contributed by atoms with Gasteiger partial charge >= 0.3 is 0 Å². The second-order valence-corrected chi connectivity index (χ2v) is 6.85. The molecule has 0 unspecified atom stereocenters. The van der Waals surface area contributed by atoms with Crippen molar-refractivity contribution in [3.05, 3.63) is 42.2 Å². The first-order valence-corrected chi connectivity index (χ1v) is 7.60. The van der Waals surface area contributed by atoms with Crippen LogP contribution in [0.2, 0.25) is 5.02 Å². The lowest BCUT2D eigenvalue weighted by molar-refractivity contribution is 1.13. The fourth-order valence-corrected chi connectivity index (χ4v) is 4.31. The van der Waals surface area contributed by atoms with Crippen molar-refractivity contribution in [2.24, 2.45) is 0 Å². The van der Waals surface area contributed by atoms with Gasteiger partial charge in [0.25, 0.3) is 0 Å². The van der Waals surface area contributed by atoms with E-state index in [1.54, 1.807) is 0 Å². The van der Waals surface area contributed by atoms with E-state index in [0.717, 1.165) is 26.6 Å². The Morgan fingerprint density at radius 2 is 1.94 bits per heavy atom. The normalized spacial score (nSPS) is 10.8. The number of anilines is 1. The van der Waals surface area contributed by atoms with Crippen molar-refractivity contribution >= 4 is 59.9 Å². The topological polar surface area (TPSA) is 38.9 Å². The molecule has 0 aliphatic heterocycles. The molecule has 0 amide bonds. The Balaban J connectivity index is 2.39. The number of thiazole rings is 1. The van der Waals surface area contributed by atoms with E-state index in [2.05, 4.69) is 36.8 Å². The molecule has 0 bridgehead atoms. The third-order valence-corrected chi connectivity index (χ3v) is 4.97. The van der Waals surface area contributed by atoms with Crippen LogP contribution in [0.4, 0.5) is 5.13 Å². The molecule has 1 aromatic heterocycles. The van der Waals surface area contributed by atoms with E-state index in [-0.39, 0.29) is 0 Å². The van der Waals surface area contributed by atoms with Crippen LogP contribution in [0.3, 0.4) is 0 Å². The fourth-order valence-electron chi connectivity index (χ4n) is 1.52. The quantitative estimate of drug-likeness (QED) is 0.792. The summed E-state index contributed by atoms with van der Waals surface area (Å²) in [5.74, 6) is 0. The summed E-state index contributed by atoms with van der Waals surface area (Å²) >= 11 is 14.5. The Hall–Kier alpha value is -0.100. The first-order chi connectivity index (χ1) is 7.97. The van der Waals surface area contributed by atoms with Gasteiger partial charge in [-0.05, 0) is 24.6 Å². The lowest BCUT2D eigenvalue weighted by Crippen LogP contribution is -1.91. The molecule has 2 nitrogen and oxygen atoms in total. The smallest absolute Gasteiger partial charge is 0.180 e. The molecule has 90 valence electrons. The second kappa shape index (κ2) is 5.26. The number of rotatable bonds is 2. The lowest BCUT2D eigenvalue weighted by atomic mass is 10.1. The van der Waals surface area contributed by atoms with Gasteiger partial charge in [0.2, 0.25) is 0 Å². The zero-order valence-electron chi connectivity index (χ0n) is 8.93. The van der Waals surface area contributed by atoms with Crippen LogP contribution in [0.25, 0.3) is 0 Å². The molecule has 0 saturated carbocycles. The Morgan fingerprint density at radius 3 is 2.41 bits per heavy atom. The Labute approximate surface area is 125 Å². The van der Waals surface area contributed by atoms with Gasteiger partial charge in [-0.1, -0.05) is 43.5 Å². The molecule has 2 rings (SSSR count). The molecule has 0 saturated heterocycles. The third kappa shape index (κ3) is 3.02. The molecule has 0 fully saturated rings. The van der Waals surface area contributed by atoms with Gasteiger partial charge in [-0.3, -0.25) is 0 Å². The Morgan fingerprint density at radius 1 is 1.35 bits per heavy atom. The molecule has 2 N–H and O–H groups in total. The molecule has 0 spiro atoms. The summed E-state index contributed by atoms with van der Waals surface area (Å²) in [7, 11) is 0. The van der Waals surface area contributed by atoms with E-state index >= 15 is 0 Å². The van der Waals surface area contributed by atoms with E-state index in [9.17, 15) is 0 Å². The molecule has 1 heterocycles. The Bertz CT molecular complexity index is 546. The van der Waals surface area contributed by atoms with Crippen molar-refractivity contribution in [1.29, 1.82) is 0 Å². The monoisotopic (exact) mass is 394 g/mol. The maximum absolute atomic E-state index is 5.97. The number of nitrogens with zero attached hydrogens (tertiary/aromatic N) is 1. The average molecular weight is 397 g/mol. The van der Waals surface area contributed by atoms with Gasteiger partial charge in [-0.25, -0.2) is 4.98 Å². The third-order valence-electron chi connectivity index (χ3n) is 2.35. The van der Waals surface area contributed by atoms with Crippen molar-refractivity contribution in [2.75, 3.05) is 5.73 Å². The SMILES string of the molecule is Cc1nc(N)sc1Cc1c(Br)cc(Cl)cc1Br. The first kappa shape index (κ1) is 13.3. The zero-order chi connectivity index (χ0) is 12.6. The second-order valence-electron chi connectivity index (χ2n) is 3.59. The number of aryl methyl sites for hydroxylation is 1. The van der Waals surface area contributed by atoms with Gasteiger partial charge in [0.15, 0.2) is 5.13 Å². The summed E-state index contributed by atoms with van der Waals surface area (Å²) in [6.07, 6.45) is 0.791. The van der Waals surface area contributed by atoms with Crippen molar-refractivity contribution in [2.45, 2.75) is 13.3 Å². The van der Waals surface area contributed by atoms with Crippen LogP contribution in [0, 0.1) is 6.92 Å². The average Bonchev–Trinajstić information content (AvgIpc) is 2.51. The summed E-state index contributed by atoms with van der Waals surface area (Å²) in [4.78, 5) is 5.40. The highest BCUT2D eigenvalue weighted by Gasteiger charge is 2.12. The molecular weight excluding hydrogens is 387 g/mol. The van der Waals surface area contributed by atoms with Crippen LogP contribution in [0.1, 0.15) is 16.1 Å². The van der Waals surface area contributed by atoms with Gasteiger partial charge in [0.1, 0.15) is 0 Å². The van der Waals surface area contributed by atoms with E-state index in [0.29, 0.717) is 10.2 Å². The highest BCUT2D eigenvalue weighted by Crippen LogP contribution is 2.33. The van der Waals surface area contributed by atoms with Crippen molar-refractivity contribution in [3.8, 4) is 0 Å². The number of hydrogen-bond acceptors (Lipinski definition) is 3. The van der Waals surface area contributed by atoms with E-state index in [1.165, 1.54) is 16.2 Å². The van der Waals surface area contributed by atoms with Gasteiger partial charge in [0.05, 0.1) is 5.69 Å². The van der Waals surface area contributed by atoms with Crippen LogP contribution >= 0.6 is 54.8 Å². The van der Waals surface area contributed by atoms with Gasteiger partial charge in [-0.2, -0.15) is 0 Å². The minimum absolute atomic E-state index is 0.610. The van der Waals surface area contributed by atoms with E-state index in [1.807, 2.05) is 19.1 Å². The molecule has 0 aliphatic carbocycles. The molecule has 0 atom stereocenters. The molecule has 2 aromatic rings. The molecule has 0 aliphatic rings. The number of nitrogen functional groups attached to an aromatic ring is 1. The van der Waals surface area contributed by atoms with E-state index in [4.69, 9.17) is 17.3 Å². The molecule has 6 heteroatoms. The highest BCUT2D eigenvalue weighted by molar-refractivity contribution is 9.11. The van der Waals surface area contributed by atoms with Crippen LogP contribution < -0.4 is 5.73 Å². The largest absolute Gasteiger partial charge is 0.375 e. The summed E-state index contributed by atoms with van der Waals surface area (Å²) < 4.78 is 1.98. The van der Waals surface area contributed by atoms with Crippen LogP contribution in [-0.2, 0) is 6.42 Å². The maximum atomic E-state index is 5.97. The van der Waals surface area contributed by atoms with Crippen LogP contribution in [0.15, 0.2) is 21.1 Å². The number of hydrogen-bond donors (Lipinski definition) is 1. The number of benzene rings is 1. The van der Waals surface area contributed by atoms with Crippen LogP contribution in [0.5, 0.6) is 0 Å². The molecule has 17 heavy (non-hydrogen) atoms. The lowest BCUT2D eigenvalue weighted by Gasteiger charge is -2.07. The summed E-state index contributed by atoms with van der Waals surface area (Å²) in [6, 6.07) is 3.78. The van der Waals surface area contributed by atoms with Gasteiger partial charge < -0.3 is 5.73 Å². The minimum atomic E-state index is 0.610. The highest BCUT2D eigenvalue weighted by atomic mass is 79.9. The fraction of sp³-hybridized carbons (Fsp3) is 0.182. The predicted octanol–water partition coefficient (Wildman–Crippen LogP) is 4.80. The van der Waals surface area contributed by atoms with Crippen molar-refractivity contribution < 1.29 is 0 Å². The first-order valence-electron chi connectivity index (χ1n) is 4.82. The summed E-state index contributed by atoms with van der Waals surface area (Å²) in [5.41, 5.74) is 7.84. The zero-order valence-corrected chi connectivity index (χ0v) is 13.7. The maximum Gasteiger partial charge on any atom is 0.180 e. The summed E-state index contributed by atoms with van der Waals surface area (Å²) in [6.45, 7) is 1.97. The molecule has 0 radical (unpaired) electrons. The van der Waals surface area contributed by atoms with Gasteiger partial charge in [-0.15, -0.1) is 11.3 Å². The van der Waals surface area contributed by atoms with Crippen LogP contribution in [-0.4, -0.2) is 4.98 Å². The summed E-state index contributed by atoms with van der Waals surface area (Å²) in [5, 5.41) is 1.31. The standard InChI is InChI=1S/C11H9Br2ClN2S/c1-5-10(17-11(15)16-5)4-7-8(12)2-6(14)3-9(7)13/h2-3H,4H2,1H3,(H2,15,16). The van der Waals surface area contributed by atoms with Crippen molar-refractivity contribution in [3.63, 3.8) is 0 Å². The number of aromatic nitrogens is 1. The number of halogens is 3. The van der Waals surface area contributed by atoms with Gasteiger partial charge in [0, 0.05) is 25.3 Å². The number of nitrogens with two attached hydrogens (primary N) is 1. The molecule has 1 aromatic carbocycles. The van der Waals surface area contributed by atoms with E-state index < -0.39 is 0 Å².